The third kappa shape index (κ3) is 1.99. The summed E-state index contributed by atoms with van der Waals surface area (Å²) in [5.74, 6) is -1.55. The molecule has 0 radical (unpaired) electrons. The highest BCUT2D eigenvalue weighted by Crippen LogP contribution is 2.28. The maximum Gasteiger partial charge on any atom is 0.308 e. The van der Waals surface area contributed by atoms with E-state index >= 15 is 0 Å². The van der Waals surface area contributed by atoms with Gasteiger partial charge in [0.25, 0.3) is 0 Å². The maximum absolute atomic E-state index is 12.7. The zero-order chi connectivity index (χ0) is 10.8. The minimum Gasteiger partial charge on any atom is -0.481 e. The van der Waals surface area contributed by atoms with Gasteiger partial charge in [0.05, 0.1) is 5.92 Å². The number of halogens is 1. The van der Waals surface area contributed by atoms with Crippen LogP contribution in [0.4, 0.5) is 4.39 Å². The van der Waals surface area contributed by atoms with Gasteiger partial charge in [-0.2, -0.15) is 0 Å². The highest BCUT2D eigenvalue weighted by Gasteiger charge is 2.33. The van der Waals surface area contributed by atoms with Crippen LogP contribution in [0.2, 0.25) is 0 Å². The molecule has 0 spiro atoms. The molecule has 3 nitrogen and oxygen atoms in total. The number of carbonyl (C=O) groups is 1. The molecule has 0 aromatic heterocycles. The lowest BCUT2D eigenvalue weighted by molar-refractivity contribution is -0.141. The van der Waals surface area contributed by atoms with Crippen LogP contribution in [0, 0.1) is 11.7 Å². The number of nitrogens with one attached hydrogen (secondary N) is 1. The highest BCUT2D eigenvalue weighted by atomic mass is 19.1. The fourth-order valence-corrected chi connectivity index (χ4v) is 2.00. The molecular formula is C11H12FNO2. The van der Waals surface area contributed by atoms with Gasteiger partial charge >= 0.3 is 5.97 Å². The van der Waals surface area contributed by atoms with Gasteiger partial charge in [0.15, 0.2) is 0 Å². The third-order valence-electron chi connectivity index (χ3n) is 2.83. The second-order valence-corrected chi connectivity index (χ2v) is 3.76. The van der Waals surface area contributed by atoms with Crippen molar-refractivity contribution in [3.63, 3.8) is 0 Å². The van der Waals surface area contributed by atoms with Gasteiger partial charge in [0.1, 0.15) is 5.82 Å². The lowest BCUT2D eigenvalue weighted by Gasteiger charge is -2.14. The van der Waals surface area contributed by atoms with Gasteiger partial charge in [-0.15, -0.1) is 0 Å². The Kier molecular flexibility index (Phi) is 2.68. The molecule has 15 heavy (non-hydrogen) atoms. The number of hydrogen-bond donors (Lipinski definition) is 2. The molecule has 1 heterocycles. The minimum atomic E-state index is -0.797. The molecule has 0 amide bonds. The Hall–Kier alpha value is -1.42. The minimum absolute atomic E-state index is 0.0527. The number of carboxylic acid groups (broad SMARTS) is 1. The molecule has 0 aliphatic carbocycles. The van der Waals surface area contributed by atoms with E-state index in [9.17, 15) is 9.18 Å². The number of carboxylic acids is 1. The lowest BCUT2D eigenvalue weighted by Crippen LogP contribution is -2.20. The predicted molar refractivity (Wildman–Crippen MR) is 53.1 cm³/mol. The zero-order valence-corrected chi connectivity index (χ0v) is 8.11. The van der Waals surface area contributed by atoms with E-state index < -0.39 is 11.9 Å². The van der Waals surface area contributed by atoms with Crippen molar-refractivity contribution < 1.29 is 14.3 Å². The molecule has 1 aromatic carbocycles. The summed E-state index contributed by atoms with van der Waals surface area (Å²) in [6.07, 6.45) is 0. The van der Waals surface area contributed by atoms with Crippen LogP contribution >= 0.6 is 0 Å². The van der Waals surface area contributed by atoms with Crippen LogP contribution in [-0.4, -0.2) is 24.2 Å². The fourth-order valence-electron chi connectivity index (χ4n) is 2.00. The normalized spacial score (nSPS) is 25.4. The van der Waals surface area contributed by atoms with Crippen LogP contribution in [0.1, 0.15) is 11.5 Å². The van der Waals surface area contributed by atoms with E-state index in [0.717, 1.165) is 5.56 Å². The Morgan fingerprint density at radius 2 is 2.00 bits per heavy atom. The molecule has 1 aliphatic rings. The van der Waals surface area contributed by atoms with Crippen LogP contribution in [-0.2, 0) is 4.79 Å². The smallest absolute Gasteiger partial charge is 0.308 e. The predicted octanol–water partition coefficient (Wildman–Crippen LogP) is 1.21. The number of hydrogen-bond acceptors (Lipinski definition) is 2. The van der Waals surface area contributed by atoms with Crippen molar-refractivity contribution in [3.8, 4) is 0 Å². The molecule has 1 saturated heterocycles. The summed E-state index contributed by atoms with van der Waals surface area (Å²) < 4.78 is 12.7. The molecular weight excluding hydrogens is 197 g/mol. The Bertz CT molecular complexity index is 363. The van der Waals surface area contributed by atoms with Crippen molar-refractivity contribution in [1.29, 1.82) is 0 Å². The SMILES string of the molecule is O=C(O)[C@H]1CNC[C@H]1c1ccc(F)cc1. The first-order chi connectivity index (χ1) is 7.18. The van der Waals surface area contributed by atoms with Crippen molar-refractivity contribution in [3.05, 3.63) is 35.6 Å². The Morgan fingerprint density at radius 1 is 1.33 bits per heavy atom. The molecule has 1 fully saturated rings. The topological polar surface area (TPSA) is 49.3 Å². The van der Waals surface area contributed by atoms with Gasteiger partial charge in [-0.1, -0.05) is 12.1 Å². The van der Waals surface area contributed by atoms with Crippen molar-refractivity contribution in [1.82, 2.24) is 5.32 Å². The van der Waals surface area contributed by atoms with E-state index in [1.165, 1.54) is 12.1 Å². The Morgan fingerprint density at radius 3 is 2.60 bits per heavy atom. The third-order valence-corrected chi connectivity index (χ3v) is 2.83. The van der Waals surface area contributed by atoms with Crippen molar-refractivity contribution >= 4 is 5.97 Å². The molecule has 1 aliphatic heterocycles. The van der Waals surface area contributed by atoms with Crippen LogP contribution < -0.4 is 5.32 Å². The van der Waals surface area contributed by atoms with E-state index in [-0.39, 0.29) is 11.7 Å². The zero-order valence-electron chi connectivity index (χ0n) is 8.11. The molecule has 2 rings (SSSR count). The first-order valence-corrected chi connectivity index (χ1v) is 4.87. The first kappa shape index (κ1) is 10.1. The van der Waals surface area contributed by atoms with E-state index in [0.29, 0.717) is 13.1 Å². The van der Waals surface area contributed by atoms with Crippen molar-refractivity contribution in [2.24, 2.45) is 5.92 Å². The van der Waals surface area contributed by atoms with Gasteiger partial charge in [0, 0.05) is 19.0 Å². The Labute approximate surface area is 86.9 Å². The quantitative estimate of drug-likeness (QED) is 0.769. The first-order valence-electron chi connectivity index (χ1n) is 4.87. The van der Waals surface area contributed by atoms with E-state index in [4.69, 9.17) is 5.11 Å². The summed E-state index contributed by atoms with van der Waals surface area (Å²) in [7, 11) is 0. The molecule has 1 aromatic rings. The van der Waals surface area contributed by atoms with Crippen LogP contribution in [0.25, 0.3) is 0 Å². The standard InChI is InChI=1S/C11H12FNO2/c12-8-3-1-7(2-4-8)9-5-13-6-10(9)11(14)15/h1-4,9-10,13H,5-6H2,(H,14,15)/t9-,10-/m0/s1. The molecule has 0 bridgehead atoms. The molecule has 2 N–H and O–H groups in total. The van der Waals surface area contributed by atoms with Crippen LogP contribution in [0.3, 0.4) is 0 Å². The summed E-state index contributed by atoms with van der Waals surface area (Å²) in [4.78, 5) is 10.9. The van der Waals surface area contributed by atoms with Gasteiger partial charge in [-0.25, -0.2) is 4.39 Å². The van der Waals surface area contributed by atoms with E-state index in [2.05, 4.69) is 5.32 Å². The summed E-state index contributed by atoms with van der Waals surface area (Å²) >= 11 is 0. The largest absolute Gasteiger partial charge is 0.481 e. The van der Waals surface area contributed by atoms with Gasteiger partial charge in [0.2, 0.25) is 0 Å². The number of aliphatic carboxylic acids is 1. The highest BCUT2D eigenvalue weighted by molar-refractivity contribution is 5.72. The Balaban J connectivity index is 2.22. The van der Waals surface area contributed by atoms with Gasteiger partial charge < -0.3 is 10.4 Å². The summed E-state index contributed by atoms with van der Waals surface area (Å²) in [5.41, 5.74) is 0.883. The second kappa shape index (κ2) is 3.98. The van der Waals surface area contributed by atoms with Crippen LogP contribution in [0.15, 0.2) is 24.3 Å². The van der Waals surface area contributed by atoms with Gasteiger partial charge in [-0.05, 0) is 17.7 Å². The van der Waals surface area contributed by atoms with E-state index in [1.807, 2.05) is 0 Å². The summed E-state index contributed by atoms with van der Waals surface area (Å²) in [6, 6.07) is 6.05. The molecule has 80 valence electrons. The molecule has 2 atom stereocenters. The monoisotopic (exact) mass is 209 g/mol. The average Bonchev–Trinajstić information content (AvgIpc) is 2.67. The van der Waals surface area contributed by atoms with E-state index in [1.54, 1.807) is 12.1 Å². The second-order valence-electron chi connectivity index (χ2n) is 3.76. The molecule has 0 unspecified atom stereocenters. The molecule has 0 saturated carbocycles. The average molecular weight is 209 g/mol. The fraction of sp³-hybridized carbons (Fsp3) is 0.364. The lowest BCUT2D eigenvalue weighted by atomic mass is 9.89. The number of benzene rings is 1. The molecule has 4 heteroatoms. The number of rotatable bonds is 2. The van der Waals surface area contributed by atoms with Gasteiger partial charge in [-0.3, -0.25) is 4.79 Å². The summed E-state index contributed by atoms with van der Waals surface area (Å²) in [5, 5.41) is 12.0. The van der Waals surface area contributed by atoms with Crippen LogP contribution in [0.5, 0.6) is 0 Å². The van der Waals surface area contributed by atoms with Crippen molar-refractivity contribution in [2.75, 3.05) is 13.1 Å². The van der Waals surface area contributed by atoms with Crippen molar-refractivity contribution in [2.45, 2.75) is 5.92 Å². The summed E-state index contributed by atoms with van der Waals surface area (Å²) in [6.45, 7) is 1.12. The maximum atomic E-state index is 12.7.